The molecule has 6 nitrogen and oxygen atoms in total. The van der Waals surface area contributed by atoms with E-state index in [0.29, 0.717) is 11.4 Å². The Hall–Kier alpha value is -2.41. The monoisotopic (exact) mass is 320 g/mol. The number of nitrogens with one attached hydrogen (secondary N) is 2. The SMILES string of the molecule is Cc1cc(C)n(-c2ccc(NC(=O)NC(C)(C)CO)cc2F)n1. The van der Waals surface area contributed by atoms with Gasteiger partial charge in [0.15, 0.2) is 5.82 Å². The van der Waals surface area contributed by atoms with Gasteiger partial charge in [-0.1, -0.05) is 0 Å². The zero-order valence-corrected chi connectivity index (χ0v) is 13.6. The second-order valence-corrected chi connectivity index (χ2v) is 6.13. The minimum Gasteiger partial charge on any atom is -0.394 e. The Morgan fingerprint density at radius 2 is 2.04 bits per heavy atom. The molecule has 0 saturated carbocycles. The van der Waals surface area contributed by atoms with Crippen molar-refractivity contribution in [2.24, 2.45) is 0 Å². The summed E-state index contributed by atoms with van der Waals surface area (Å²) in [7, 11) is 0. The predicted octanol–water partition coefficient (Wildman–Crippen LogP) is 2.52. The molecule has 0 unspecified atom stereocenters. The van der Waals surface area contributed by atoms with Gasteiger partial charge >= 0.3 is 6.03 Å². The highest BCUT2D eigenvalue weighted by atomic mass is 19.1. The fourth-order valence-electron chi connectivity index (χ4n) is 2.14. The van der Waals surface area contributed by atoms with Crippen LogP contribution in [0.3, 0.4) is 0 Å². The summed E-state index contributed by atoms with van der Waals surface area (Å²) in [5, 5.41) is 18.5. The number of aromatic nitrogens is 2. The fourth-order valence-corrected chi connectivity index (χ4v) is 2.14. The molecule has 1 aromatic heterocycles. The number of amides is 2. The Kier molecular flexibility index (Phi) is 4.70. The first-order chi connectivity index (χ1) is 10.7. The van der Waals surface area contributed by atoms with E-state index in [1.54, 1.807) is 26.0 Å². The first-order valence-corrected chi connectivity index (χ1v) is 7.25. The van der Waals surface area contributed by atoms with Crippen LogP contribution in [-0.4, -0.2) is 33.1 Å². The van der Waals surface area contributed by atoms with Gasteiger partial charge in [-0.05, 0) is 52.0 Å². The van der Waals surface area contributed by atoms with Crippen molar-refractivity contribution in [3.05, 3.63) is 41.5 Å². The fraction of sp³-hybridized carbons (Fsp3) is 0.375. The van der Waals surface area contributed by atoms with E-state index in [1.165, 1.54) is 10.7 Å². The molecule has 2 amide bonds. The van der Waals surface area contributed by atoms with E-state index < -0.39 is 17.4 Å². The maximum Gasteiger partial charge on any atom is 0.319 e. The highest BCUT2D eigenvalue weighted by molar-refractivity contribution is 5.89. The van der Waals surface area contributed by atoms with Crippen molar-refractivity contribution in [1.29, 1.82) is 0 Å². The highest BCUT2D eigenvalue weighted by Gasteiger charge is 2.19. The van der Waals surface area contributed by atoms with Crippen LogP contribution in [0.15, 0.2) is 24.3 Å². The molecule has 3 N–H and O–H groups in total. The molecule has 124 valence electrons. The van der Waals surface area contributed by atoms with E-state index in [0.717, 1.165) is 11.4 Å². The summed E-state index contributed by atoms with van der Waals surface area (Å²) in [6.07, 6.45) is 0. The average molecular weight is 320 g/mol. The number of hydrogen-bond acceptors (Lipinski definition) is 3. The second-order valence-electron chi connectivity index (χ2n) is 6.13. The highest BCUT2D eigenvalue weighted by Crippen LogP contribution is 2.20. The molecule has 0 aliphatic rings. The standard InChI is InChI=1S/C16H21FN4O2/c1-10-7-11(2)21(20-10)14-6-5-12(8-13(14)17)18-15(23)19-16(3,4)9-22/h5-8,22H,9H2,1-4H3,(H2,18,19,23). The summed E-state index contributed by atoms with van der Waals surface area (Å²) in [5.74, 6) is -0.490. The zero-order chi connectivity index (χ0) is 17.2. The van der Waals surface area contributed by atoms with Crippen LogP contribution in [0.5, 0.6) is 0 Å². The van der Waals surface area contributed by atoms with E-state index in [1.807, 2.05) is 19.9 Å². The van der Waals surface area contributed by atoms with Crippen molar-refractivity contribution in [1.82, 2.24) is 15.1 Å². The molecule has 1 heterocycles. The van der Waals surface area contributed by atoms with Crippen molar-refractivity contribution in [3.63, 3.8) is 0 Å². The first kappa shape index (κ1) is 17.0. The van der Waals surface area contributed by atoms with Crippen LogP contribution in [0.25, 0.3) is 5.69 Å². The van der Waals surface area contributed by atoms with Crippen molar-refractivity contribution >= 4 is 11.7 Å². The van der Waals surface area contributed by atoms with Gasteiger partial charge in [0.25, 0.3) is 0 Å². The summed E-state index contributed by atoms with van der Waals surface area (Å²) >= 11 is 0. The molecule has 0 atom stereocenters. The van der Waals surface area contributed by atoms with Crippen molar-refractivity contribution in [2.45, 2.75) is 33.2 Å². The minimum absolute atomic E-state index is 0.203. The molecule has 0 radical (unpaired) electrons. The third-order valence-electron chi connectivity index (χ3n) is 3.29. The summed E-state index contributed by atoms with van der Waals surface area (Å²) in [5.41, 5.74) is 1.50. The molecule has 0 fully saturated rings. The first-order valence-electron chi connectivity index (χ1n) is 7.25. The number of nitrogens with zero attached hydrogens (tertiary/aromatic N) is 2. The average Bonchev–Trinajstić information content (AvgIpc) is 2.77. The summed E-state index contributed by atoms with van der Waals surface area (Å²) < 4.78 is 15.8. The number of urea groups is 1. The number of hydrogen-bond donors (Lipinski definition) is 3. The minimum atomic E-state index is -0.758. The Morgan fingerprint density at radius 3 is 2.57 bits per heavy atom. The Labute approximate surface area is 134 Å². The van der Waals surface area contributed by atoms with Gasteiger partial charge in [-0.25, -0.2) is 13.9 Å². The lowest BCUT2D eigenvalue weighted by atomic mass is 10.1. The predicted molar refractivity (Wildman–Crippen MR) is 86.3 cm³/mol. The van der Waals surface area contributed by atoms with Gasteiger partial charge < -0.3 is 15.7 Å². The molecular weight excluding hydrogens is 299 g/mol. The van der Waals surface area contributed by atoms with Gasteiger partial charge in [-0.2, -0.15) is 5.10 Å². The van der Waals surface area contributed by atoms with Gasteiger partial charge in [0.05, 0.1) is 17.8 Å². The van der Waals surface area contributed by atoms with Gasteiger partial charge in [0, 0.05) is 11.4 Å². The number of aryl methyl sites for hydroxylation is 2. The second kappa shape index (κ2) is 6.37. The Bertz CT molecular complexity index is 725. The van der Waals surface area contributed by atoms with Gasteiger partial charge in [-0.3, -0.25) is 0 Å². The van der Waals surface area contributed by atoms with E-state index in [9.17, 15) is 9.18 Å². The quantitative estimate of drug-likeness (QED) is 0.810. The third-order valence-corrected chi connectivity index (χ3v) is 3.29. The molecule has 0 saturated heterocycles. The number of anilines is 1. The Balaban J connectivity index is 2.17. The number of rotatable bonds is 4. The van der Waals surface area contributed by atoms with Gasteiger partial charge in [0.1, 0.15) is 5.69 Å². The molecule has 0 spiro atoms. The summed E-state index contributed by atoms with van der Waals surface area (Å²) in [6.45, 7) is 6.84. The van der Waals surface area contributed by atoms with Crippen LogP contribution < -0.4 is 10.6 Å². The van der Waals surface area contributed by atoms with Crippen molar-refractivity contribution in [2.75, 3.05) is 11.9 Å². The molecule has 0 bridgehead atoms. The lowest BCUT2D eigenvalue weighted by Gasteiger charge is -2.23. The van der Waals surface area contributed by atoms with E-state index in [4.69, 9.17) is 5.11 Å². The number of halogens is 1. The lowest BCUT2D eigenvalue weighted by molar-refractivity contribution is 0.187. The van der Waals surface area contributed by atoms with Crippen molar-refractivity contribution < 1.29 is 14.3 Å². The number of aliphatic hydroxyl groups is 1. The number of aliphatic hydroxyl groups excluding tert-OH is 1. The third kappa shape index (κ3) is 4.07. The zero-order valence-electron chi connectivity index (χ0n) is 13.6. The van der Waals surface area contributed by atoms with Crippen LogP contribution >= 0.6 is 0 Å². The van der Waals surface area contributed by atoms with Crippen LogP contribution in [-0.2, 0) is 0 Å². The largest absolute Gasteiger partial charge is 0.394 e. The van der Waals surface area contributed by atoms with E-state index in [-0.39, 0.29) is 6.61 Å². The summed E-state index contributed by atoms with van der Waals surface area (Å²) in [4.78, 5) is 11.8. The van der Waals surface area contributed by atoms with Crippen LogP contribution in [0.2, 0.25) is 0 Å². The topological polar surface area (TPSA) is 79.2 Å². The molecule has 1 aromatic carbocycles. The van der Waals surface area contributed by atoms with Gasteiger partial charge in [0.2, 0.25) is 0 Å². The smallest absolute Gasteiger partial charge is 0.319 e. The molecule has 2 rings (SSSR count). The summed E-state index contributed by atoms with van der Waals surface area (Å²) in [6, 6.07) is 5.73. The number of carbonyl (C=O) groups excluding carboxylic acids is 1. The lowest BCUT2D eigenvalue weighted by Crippen LogP contribution is -2.48. The Morgan fingerprint density at radius 1 is 1.35 bits per heavy atom. The normalized spacial score (nSPS) is 11.4. The number of carbonyl (C=O) groups is 1. The van der Waals surface area contributed by atoms with Crippen LogP contribution in [0, 0.1) is 19.7 Å². The molecule has 2 aromatic rings. The molecule has 23 heavy (non-hydrogen) atoms. The molecule has 7 heteroatoms. The van der Waals surface area contributed by atoms with E-state index >= 15 is 0 Å². The molecule has 0 aliphatic carbocycles. The maximum absolute atomic E-state index is 14.3. The van der Waals surface area contributed by atoms with Crippen molar-refractivity contribution in [3.8, 4) is 5.69 Å². The van der Waals surface area contributed by atoms with Crippen LogP contribution in [0.4, 0.5) is 14.9 Å². The number of benzene rings is 1. The van der Waals surface area contributed by atoms with Gasteiger partial charge in [-0.15, -0.1) is 0 Å². The maximum atomic E-state index is 14.3. The molecular formula is C16H21FN4O2. The van der Waals surface area contributed by atoms with E-state index in [2.05, 4.69) is 15.7 Å². The molecule has 0 aliphatic heterocycles. The van der Waals surface area contributed by atoms with Crippen LogP contribution in [0.1, 0.15) is 25.2 Å².